The van der Waals surface area contributed by atoms with Crippen LogP contribution in [0.5, 0.6) is 0 Å². The molecule has 0 spiro atoms. The minimum Gasteiger partial charge on any atom is -0.397 e. The summed E-state index contributed by atoms with van der Waals surface area (Å²) in [6, 6.07) is 10.3. The van der Waals surface area contributed by atoms with E-state index in [9.17, 15) is 8.78 Å². The van der Waals surface area contributed by atoms with Crippen molar-refractivity contribution in [3.05, 3.63) is 53.6 Å². The fourth-order valence-electron chi connectivity index (χ4n) is 1.48. The molecule has 0 bridgehead atoms. The standard InChI is InChI=1S/C13H9F2N3/c14-9-2-1-3-11(13(9)15)18-12-6-8(7-16)4-5-10(12)17/h1-6,18H,17H2. The second kappa shape index (κ2) is 4.72. The molecule has 0 aliphatic heterocycles. The molecule has 3 N–H and O–H groups in total. The largest absolute Gasteiger partial charge is 0.397 e. The highest BCUT2D eigenvalue weighted by Gasteiger charge is 2.09. The van der Waals surface area contributed by atoms with Crippen LogP contribution in [0.15, 0.2) is 36.4 Å². The molecule has 3 nitrogen and oxygen atoms in total. The summed E-state index contributed by atoms with van der Waals surface area (Å²) >= 11 is 0. The molecule has 0 aliphatic carbocycles. The van der Waals surface area contributed by atoms with Crippen LogP contribution in [0.1, 0.15) is 5.56 Å². The Morgan fingerprint density at radius 3 is 2.61 bits per heavy atom. The van der Waals surface area contributed by atoms with Gasteiger partial charge < -0.3 is 11.1 Å². The van der Waals surface area contributed by atoms with Crippen molar-refractivity contribution in [1.29, 1.82) is 5.26 Å². The molecule has 18 heavy (non-hydrogen) atoms. The fourth-order valence-corrected chi connectivity index (χ4v) is 1.48. The van der Waals surface area contributed by atoms with Crippen molar-refractivity contribution in [3.8, 4) is 6.07 Å². The third kappa shape index (κ3) is 2.23. The summed E-state index contributed by atoms with van der Waals surface area (Å²) in [6.45, 7) is 0. The van der Waals surface area contributed by atoms with Gasteiger partial charge in [0.05, 0.1) is 28.7 Å². The van der Waals surface area contributed by atoms with E-state index in [1.807, 2.05) is 6.07 Å². The van der Waals surface area contributed by atoms with E-state index in [4.69, 9.17) is 11.0 Å². The molecule has 5 heteroatoms. The van der Waals surface area contributed by atoms with Gasteiger partial charge in [-0.1, -0.05) is 6.07 Å². The number of benzene rings is 2. The van der Waals surface area contributed by atoms with Crippen molar-refractivity contribution in [1.82, 2.24) is 0 Å². The van der Waals surface area contributed by atoms with Crippen LogP contribution in [0.3, 0.4) is 0 Å². The van der Waals surface area contributed by atoms with Crippen LogP contribution < -0.4 is 11.1 Å². The highest BCUT2D eigenvalue weighted by Crippen LogP contribution is 2.26. The summed E-state index contributed by atoms with van der Waals surface area (Å²) in [4.78, 5) is 0. The van der Waals surface area contributed by atoms with Gasteiger partial charge in [0.15, 0.2) is 11.6 Å². The maximum atomic E-state index is 13.5. The Balaban J connectivity index is 2.40. The molecule has 0 atom stereocenters. The molecule has 0 radical (unpaired) electrons. The lowest BCUT2D eigenvalue weighted by Crippen LogP contribution is -2.00. The van der Waals surface area contributed by atoms with Crippen molar-refractivity contribution in [2.45, 2.75) is 0 Å². The van der Waals surface area contributed by atoms with Gasteiger partial charge in [0.1, 0.15) is 0 Å². The number of nitrogens with two attached hydrogens (primary N) is 1. The summed E-state index contributed by atoms with van der Waals surface area (Å²) < 4.78 is 26.5. The van der Waals surface area contributed by atoms with Gasteiger partial charge in [0, 0.05) is 0 Å². The summed E-state index contributed by atoms with van der Waals surface area (Å²) in [5.41, 5.74) is 6.74. The smallest absolute Gasteiger partial charge is 0.182 e. The maximum absolute atomic E-state index is 13.5. The Morgan fingerprint density at radius 2 is 1.89 bits per heavy atom. The quantitative estimate of drug-likeness (QED) is 0.799. The molecule has 0 unspecified atom stereocenters. The van der Waals surface area contributed by atoms with Gasteiger partial charge in [-0.2, -0.15) is 5.26 Å². The number of hydrogen-bond acceptors (Lipinski definition) is 3. The SMILES string of the molecule is N#Cc1ccc(N)c(Nc2cccc(F)c2F)c1. The Kier molecular flexibility index (Phi) is 3.11. The predicted molar refractivity (Wildman–Crippen MR) is 65.2 cm³/mol. The zero-order valence-corrected chi connectivity index (χ0v) is 9.24. The van der Waals surface area contributed by atoms with Gasteiger partial charge in [0.2, 0.25) is 0 Å². The third-order valence-electron chi connectivity index (χ3n) is 2.40. The highest BCUT2D eigenvalue weighted by atomic mass is 19.2. The molecule has 0 saturated heterocycles. The van der Waals surface area contributed by atoms with E-state index >= 15 is 0 Å². The van der Waals surface area contributed by atoms with Gasteiger partial charge in [-0.25, -0.2) is 8.78 Å². The van der Waals surface area contributed by atoms with Gasteiger partial charge in [-0.05, 0) is 30.3 Å². The normalized spacial score (nSPS) is 9.83. The first-order valence-corrected chi connectivity index (χ1v) is 5.12. The van der Waals surface area contributed by atoms with Crippen LogP contribution in [0.2, 0.25) is 0 Å². The molecular formula is C13H9F2N3. The molecular weight excluding hydrogens is 236 g/mol. The van der Waals surface area contributed by atoms with Crippen LogP contribution >= 0.6 is 0 Å². The van der Waals surface area contributed by atoms with Crippen molar-refractivity contribution in [2.24, 2.45) is 0 Å². The molecule has 0 aliphatic rings. The summed E-state index contributed by atoms with van der Waals surface area (Å²) in [7, 11) is 0. The van der Waals surface area contributed by atoms with Gasteiger partial charge in [-0.15, -0.1) is 0 Å². The van der Waals surface area contributed by atoms with Gasteiger partial charge in [0.25, 0.3) is 0 Å². The third-order valence-corrected chi connectivity index (χ3v) is 2.40. The van der Waals surface area contributed by atoms with Crippen LogP contribution in [0.4, 0.5) is 25.8 Å². The zero-order valence-electron chi connectivity index (χ0n) is 9.24. The first kappa shape index (κ1) is 11.9. The topological polar surface area (TPSA) is 61.8 Å². The molecule has 0 heterocycles. The van der Waals surface area contributed by atoms with Crippen LogP contribution in [0.25, 0.3) is 0 Å². The molecule has 0 aromatic heterocycles. The molecule has 2 aromatic rings. The number of nitrogens with one attached hydrogen (secondary N) is 1. The van der Waals surface area contributed by atoms with E-state index in [1.54, 1.807) is 6.07 Å². The summed E-state index contributed by atoms with van der Waals surface area (Å²) in [5.74, 6) is -1.94. The number of rotatable bonds is 2. The Morgan fingerprint density at radius 1 is 1.11 bits per heavy atom. The van der Waals surface area contributed by atoms with Crippen molar-refractivity contribution in [3.63, 3.8) is 0 Å². The Bertz CT molecular complexity index is 633. The Hall–Kier alpha value is -2.61. The summed E-state index contributed by atoms with van der Waals surface area (Å²) in [5, 5.41) is 11.4. The highest BCUT2D eigenvalue weighted by molar-refractivity contribution is 5.74. The van der Waals surface area contributed by atoms with Gasteiger partial charge in [-0.3, -0.25) is 0 Å². The average Bonchev–Trinajstić information content (AvgIpc) is 2.37. The van der Waals surface area contributed by atoms with E-state index in [0.29, 0.717) is 16.9 Å². The molecule has 2 rings (SSSR count). The Labute approximate surface area is 102 Å². The molecule has 90 valence electrons. The van der Waals surface area contributed by atoms with Crippen LogP contribution in [0, 0.1) is 23.0 Å². The van der Waals surface area contributed by atoms with E-state index in [1.165, 1.54) is 24.3 Å². The predicted octanol–water partition coefficient (Wildman–Crippen LogP) is 3.16. The number of halogens is 2. The van der Waals surface area contributed by atoms with E-state index < -0.39 is 11.6 Å². The van der Waals surface area contributed by atoms with E-state index in [0.717, 1.165) is 6.07 Å². The molecule has 0 fully saturated rings. The number of nitrogens with zero attached hydrogens (tertiary/aromatic N) is 1. The van der Waals surface area contributed by atoms with Crippen LogP contribution in [-0.2, 0) is 0 Å². The maximum Gasteiger partial charge on any atom is 0.182 e. The van der Waals surface area contributed by atoms with Gasteiger partial charge >= 0.3 is 0 Å². The van der Waals surface area contributed by atoms with Crippen LogP contribution in [-0.4, -0.2) is 0 Å². The molecule has 0 saturated carbocycles. The monoisotopic (exact) mass is 245 g/mol. The number of hydrogen-bond donors (Lipinski definition) is 2. The van der Waals surface area contributed by atoms with Crippen molar-refractivity contribution < 1.29 is 8.78 Å². The lowest BCUT2D eigenvalue weighted by Gasteiger charge is -2.10. The van der Waals surface area contributed by atoms with Crippen molar-refractivity contribution >= 4 is 17.1 Å². The first-order chi connectivity index (χ1) is 8.61. The number of nitrogen functional groups attached to an aromatic ring is 1. The average molecular weight is 245 g/mol. The fraction of sp³-hybridized carbons (Fsp3) is 0. The second-order valence-electron chi connectivity index (χ2n) is 3.64. The number of nitriles is 1. The first-order valence-electron chi connectivity index (χ1n) is 5.12. The molecule has 2 aromatic carbocycles. The minimum atomic E-state index is -0.987. The second-order valence-corrected chi connectivity index (χ2v) is 3.64. The lowest BCUT2D eigenvalue weighted by molar-refractivity contribution is 0.512. The lowest BCUT2D eigenvalue weighted by atomic mass is 10.2. The van der Waals surface area contributed by atoms with E-state index in [2.05, 4.69) is 5.32 Å². The summed E-state index contributed by atoms with van der Waals surface area (Å²) in [6.07, 6.45) is 0. The number of anilines is 3. The van der Waals surface area contributed by atoms with Crippen molar-refractivity contribution in [2.75, 3.05) is 11.1 Å². The van der Waals surface area contributed by atoms with E-state index in [-0.39, 0.29) is 5.69 Å². The zero-order chi connectivity index (χ0) is 13.1. The molecule has 0 amide bonds. The minimum absolute atomic E-state index is 0.0308.